The van der Waals surface area contributed by atoms with Gasteiger partial charge in [-0.1, -0.05) is 60.2 Å². The Bertz CT molecular complexity index is 1070. The largest absolute Gasteiger partial charge is 0.445 e. The molecule has 1 atom stereocenters. The van der Waals surface area contributed by atoms with Crippen LogP contribution >= 0.6 is 0 Å². The molecule has 150 valence electrons. The number of carbonyl (C=O) groups excluding carboxylic acids is 1. The molecular formula is C22H20FNO4S. The fourth-order valence-electron chi connectivity index (χ4n) is 2.71. The highest BCUT2D eigenvalue weighted by molar-refractivity contribution is 7.91. The van der Waals surface area contributed by atoms with E-state index in [9.17, 15) is 17.6 Å². The van der Waals surface area contributed by atoms with Crippen LogP contribution in [0.25, 0.3) is 0 Å². The van der Waals surface area contributed by atoms with Crippen molar-refractivity contribution in [2.75, 3.05) is 0 Å². The van der Waals surface area contributed by atoms with Crippen molar-refractivity contribution in [3.63, 3.8) is 0 Å². The number of nitrogens with one attached hydrogen (secondary N) is 1. The molecule has 1 unspecified atom stereocenters. The molecule has 1 amide bonds. The van der Waals surface area contributed by atoms with Crippen molar-refractivity contribution in [1.82, 2.24) is 5.32 Å². The van der Waals surface area contributed by atoms with E-state index in [2.05, 4.69) is 5.32 Å². The lowest BCUT2D eigenvalue weighted by Gasteiger charge is -2.20. The molecule has 0 aliphatic rings. The molecule has 0 bridgehead atoms. The van der Waals surface area contributed by atoms with E-state index in [0.29, 0.717) is 0 Å². The zero-order chi connectivity index (χ0) is 20.9. The number of alkyl carbamates (subject to hydrolysis) is 1. The molecule has 3 aromatic rings. The fraction of sp³-hybridized carbons (Fsp3) is 0.136. The molecule has 3 rings (SSSR count). The van der Waals surface area contributed by atoms with Gasteiger partial charge in [-0.05, 0) is 42.3 Å². The maximum absolute atomic E-state index is 13.3. The van der Waals surface area contributed by atoms with Gasteiger partial charge >= 0.3 is 6.09 Å². The van der Waals surface area contributed by atoms with Gasteiger partial charge in [-0.2, -0.15) is 0 Å². The van der Waals surface area contributed by atoms with Crippen LogP contribution in [0.5, 0.6) is 0 Å². The Hall–Kier alpha value is -3.19. The second-order valence-electron chi connectivity index (χ2n) is 6.50. The van der Waals surface area contributed by atoms with Crippen LogP contribution in [-0.2, 0) is 21.2 Å². The van der Waals surface area contributed by atoms with Crippen molar-refractivity contribution in [3.05, 3.63) is 101 Å². The summed E-state index contributed by atoms with van der Waals surface area (Å²) in [5, 5.41) is 0.983. The first kappa shape index (κ1) is 20.5. The molecule has 5 nitrogen and oxygen atoms in total. The summed E-state index contributed by atoms with van der Waals surface area (Å²) in [7, 11) is -4.00. The monoisotopic (exact) mass is 413 g/mol. The average Bonchev–Trinajstić information content (AvgIpc) is 2.72. The topological polar surface area (TPSA) is 72.5 Å². The first-order chi connectivity index (χ1) is 13.9. The van der Waals surface area contributed by atoms with E-state index in [1.54, 1.807) is 36.4 Å². The van der Waals surface area contributed by atoms with Crippen molar-refractivity contribution in [2.24, 2.45) is 0 Å². The number of rotatable bonds is 6. The number of hydrogen-bond acceptors (Lipinski definition) is 4. The van der Waals surface area contributed by atoms with Gasteiger partial charge < -0.3 is 10.1 Å². The lowest BCUT2D eigenvalue weighted by Crippen LogP contribution is -2.34. The standard InChI is InChI=1S/C22H20FNO4S/c1-16-7-13-20(14-8-16)29(26,27)21(18-9-11-19(23)12-10-18)24-22(25)28-15-17-5-3-2-4-6-17/h2-14,21H,15H2,1H3,(H,24,25). The third-order valence-electron chi connectivity index (χ3n) is 4.29. The molecule has 7 heteroatoms. The molecular weight excluding hydrogens is 393 g/mol. The number of halogens is 1. The molecule has 0 heterocycles. The van der Waals surface area contributed by atoms with Gasteiger partial charge in [0, 0.05) is 0 Å². The van der Waals surface area contributed by atoms with Crippen LogP contribution in [0.3, 0.4) is 0 Å². The minimum Gasteiger partial charge on any atom is -0.445 e. The molecule has 0 saturated carbocycles. The van der Waals surface area contributed by atoms with Crippen molar-refractivity contribution < 1.29 is 22.3 Å². The molecule has 0 spiro atoms. The normalized spacial score (nSPS) is 12.2. The Kier molecular flexibility index (Phi) is 6.29. The molecule has 3 aromatic carbocycles. The van der Waals surface area contributed by atoms with E-state index in [0.717, 1.165) is 23.3 Å². The Labute approximate surface area is 169 Å². The summed E-state index contributed by atoms with van der Waals surface area (Å²) in [4.78, 5) is 12.4. The molecule has 0 aromatic heterocycles. The van der Waals surface area contributed by atoms with Crippen LogP contribution in [0.15, 0.2) is 83.8 Å². The Morgan fingerprint density at radius 2 is 1.59 bits per heavy atom. The lowest BCUT2D eigenvalue weighted by molar-refractivity contribution is 0.138. The van der Waals surface area contributed by atoms with Crippen molar-refractivity contribution in [1.29, 1.82) is 0 Å². The fourth-order valence-corrected chi connectivity index (χ4v) is 4.27. The van der Waals surface area contributed by atoms with E-state index in [1.807, 2.05) is 13.0 Å². The first-order valence-electron chi connectivity index (χ1n) is 8.89. The Balaban J connectivity index is 1.86. The van der Waals surface area contributed by atoms with E-state index in [-0.39, 0.29) is 17.1 Å². The zero-order valence-electron chi connectivity index (χ0n) is 15.7. The second kappa shape index (κ2) is 8.87. The minimum absolute atomic E-state index is 0.00656. The van der Waals surface area contributed by atoms with Gasteiger partial charge in [0.15, 0.2) is 5.37 Å². The summed E-state index contributed by atoms with van der Waals surface area (Å²) >= 11 is 0. The van der Waals surface area contributed by atoms with Crippen LogP contribution in [-0.4, -0.2) is 14.5 Å². The number of aryl methyl sites for hydroxylation is 1. The van der Waals surface area contributed by atoms with Crippen molar-refractivity contribution >= 4 is 15.9 Å². The molecule has 0 fully saturated rings. The molecule has 0 saturated heterocycles. The van der Waals surface area contributed by atoms with Crippen LogP contribution in [0.2, 0.25) is 0 Å². The van der Waals surface area contributed by atoms with Gasteiger partial charge in [0.05, 0.1) is 4.90 Å². The molecule has 0 aliphatic heterocycles. The van der Waals surface area contributed by atoms with Gasteiger partial charge in [-0.25, -0.2) is 17.6 Å². The van der Waals surface area contributed by atoms with E-state index in [1.165, 1.54) is 24.3 Å². The predicted octanol–water partition coefficient (Wildman–Crippen LogP) is 4.53. The maximum atomic E-state index is 13.3. The van der Waals surface area contributed by atoms with Crippen LogP contribution < -0.4 is 5.32 Å². The zero-order valence-corrected chi connectivity index (χ0v) is 16.5. The molecule has 29 heavy (non-hydrogen) atoms. The SMILES string of the molecule is Cc1ccc(S(=O)(=O)C(NC(=O)OCc2ccccc2)c2ccc(F)cc2)cc1. The summed E-state index contributed by atoms with van der Waals surface area (Å²) in [6, 6.07) is 20.2. The van der Waals surface area contributed by atoms with Crippen molar-refractivity contribution in [2.45, 2.75) is 23.8 Å². The minimum atomic E-state index is -4.00. The summed E-state index contributed by atoms with van der Waals surface area (Å²) in [5.41, 5.74) is 1.89. The molecule has 1 N–H and O–H groups in total. The molecule has 0 aliphatic carbocycles. The van der Waals surface area contributed by atoms with Gasteiger partial charge in [0.2, 0.25) is 9.84 Å². The highest BCUT2D eigenvalue weighted by atomic mass is 32.2. The third kappa shape index (κ3) is 5.20. The van der Waals surface area contributed by atoms with E-state index in [4.69, 9.17) is 4.74 Å². The smallest absolute Gasteiger partial charge is 0.408 e. The van der Waals surface area contributed by atoms with Crippen LogP contribution in [0.1, 0.15) is 22.1 Å². The number of sulfone groups is 1. The second-order valence-corrected chi connectivity index (χ2v) is 8.53. The van der Waals surface area contributed by atoms with Crippen LogP contribution in [0, 0.1) is 12.7 Å². The van der Waals surface area contributed by atoms with Gasteiger partial charge in [-0.15, -0.1) is 0 Å². The van der Waals surface area contributed by atoms with Gasteiger partial charge in [0.1, 0.15) is 12.4 Å². The highest BCUT2D eigenvalue weighted by Crippen LogP contribution is 2.27. The van der Waals surface area contributed by atoms with Gasteiger partial charge in [0.25, 0.3) is 0 Å². The summed E-state index contributed by atoms with van der Waals surface area (Å²) in [6.07, 6.45) is -0.890. The summed E-state index contributed by atoms with van der Waals surface area (Å²) in [6.45, 7) is 1.83. The van der Waals surface area contributed by atoms with Crippen LogP contribution in [0.4, 0.5) is 9.18 Å². The van der Waals surface area contributed by atoms with E-state index >= 15 is 0 Å². The summed E-state index contributed by atoms with van der Waals surface area (Å²) < 4.78 is 44.8. The molecule has 0 radical (unpaired) electrons. The Morgan fingerprint density at radius 1 is 0.966 bits per heavy atom. The lowest BCUT2D eigenvalue weighted by atomic mass is 10.2. The van der Waals surface area contributed by atoms with Crippen molar-refractivity contribution in [3.8, 4) is 0 Å². The third-order valence-corrected chi connectivity index (χ3v) is 6.23. The Morgan fingerprint density at radius 3 is 2.21 bits per heavy atom. The predicted molar refractivity (Wildman–Crippen MR) is 107 cm³/mol. The summed E-state index contributed by atoms with van der Waals surface area (Å²) in [5.74, 6) is -0.508. The quantitative estimate of drug-likeness (QED) is 0.644. The number of ether oxygens (including phenoxy) is 1. The number of carbonyl (C=O) groups is 1. The first-order valence-corrected chi connectivity index (χ1v) is 10.4. The average molecular weight is 413 g/mol. The highest BCUT2D eigenvalue weighted by Gasteiger charge is 2.31. The van der Waals surface area contributed by atoms with E-state index < -0.39 is 27.1 Å². The maximum Gasteiger partial charge on any atom is 0.408 e. The van der Waals surface area contributed by atoms with Gasteiger partial charge in [-0.3, -0.25) is 0 Å². The number of amides is 1. The number of benzene rings is 3. The number of hydrogen-bond donors (Lipinski definition) is 1.